The predicted octanol–water partition coefficient (Wildman–Crippen LogP) is 1.54. The molecule has 1 saturated heterocycles. The Morgan fingerprint density at radius 2 is 2.17 bits per heavy atom. The molecule has 1 aromatic rings. The second-order valence-corrected chi connectivity index (χ2v) is 9.03. The topological polar surface area (TPSA) is 79.4 Å². The number of hydrogen-bond acceptors (Lipinski definition) is 4. The number of pyridine rings is 1. The number of carbonyl (C=O) groups is 1. The lowest BCUT2D eigenvalue weighted by molar-refractivity contribution is -0.123. The van der Waals surface area contributed by atoms with E-state index in [9.17, 15) is 13.2 Å². The minimum Gasteiger partial charge on any atom is -0.352 e. The molecule has 7 heteroatoms. The molecule has 1 aliphatic carbocycles. The normalized spacial score (nSPS) is 26.6. The molecule has 1 N–H and O–H groups in total. The predicted molar refractivity (Wildman–Crippen MR) is 91.5 cm³/mol. The molecule has 2 fully saturated rings. The Hall–Kier alpha value is -1.47. The van der Waals surface area contributed by atoms with E-state index < -0.39 is 10.0 Å². The van der Waals surface area contributed by atoms with Gasteiger partial charge in [-0.05, 0) is 42.4 Å². The molecule has 2 atom stereocenters. The molecular formula is C17H25N3O3S. The van der Waals surface area contributed by atoms with Crippen LogP contribution in [0, 0.1) is 11.3 Å². The van der Waals surface area contributed by atoms with Gasteiger partial charge in [0, 0.05) is 37.9 Å². The minimum absolute atomic E-state index is 0.0413. The van der Waals surface area contributed by atoms with Crippen molar-refractivity contribution in [3.05, 3.63) is 30.1 Å². The monoisotopic (exact) mass is 351 g/mol. The number of aromatic nitrogens is 1. The van der Waals surface area contributed by atoms with E-state index >= 15 is 0 Å². The lowest BCUT2D eigenvalue weighted by atomic mass is 10.0. The third-order valence-corrected chi connectivity index (χ3v) is 7.12. The summed E-state index contributed by atoms with van der Waals surface area (Å²) in [5.41, 5.74) is 0.893. The van der Waals surface area contributed by atoms with Gasteiger partial charge in [-0.2, -0.15) is 0 Å². The summed E-state index contributed by atoms with van der Waals surface area (Å²) in [6, 6.07) is 3.75. The largest absolute Gasteiger partial charge is 0.352 e. The number of sulfonamides is 1. The summed E-state index contributed by atoms with van der Waals surface area (Å²) in [6.07, 6.45) is 6.58. The average molecular weight is 351 g/mol. The van der Waals surface area contributed by atoms with Crippen molar-refractivity contribution in [3.8, 4) is 0 Å². The summed E-state index contributed by atoms with van der Waals surface area (Å²) in [6.45, 7) is 3.55. The van der Waals surface area contributed by atoms with Gasteiger partial charge in [0.05, 0.1) is 5.75 Å². The van der Waals surface area contributed by atoms with Crippen molar-refractivity contribution in [1.82, 2.24) is 14.6 Å². The fourth-order valence-electron chi connectivity index (χ4n) is 3.53. The molecule has 24 heavy (non-hydrogen) atoms. The van der Waals surface area contributed by atoms with Gasteiger partial charge in [-0.1, -0.05) is 13.3 Å². The van der Waals surface area contributed by atoms with Crippen LogP contribution in [0.5, 0.6) is 0 Å². The first-order valence-electron chi connectivity index (χ1n) is 8.61. The van der Waals surface area contributed by atoms with E-state index in [0.717, 1.165) is 24.8 Å². The van der Waals surface area contributed by atoms with Crippen LogP contribution in [0.3, 0.4) is 0 Å². The van der Waals surface area contributed by atoms with Crippen LogP contribution in [-0.4, -0.2) is 42.5 Å². The zero-order valence-corrected chi connectivity index (χ0v) is 14.9. The minimum atomic E-state index is -3.16. The maximum absolute atomic E-state index is 12.4. The first-order chi connectivity index (χ1) is 11.5. The average Bonchev–Trinajstić information content (AvgIpc) is 3.11. The molecule has 1 amide bonds. The number of carbonyl (C=O) groups excluding carboxylic acids is 1. The lowest BCUT2D eigenvalue weighted by Crippen LogP contribution is -2.32. The SMILES string of the molecule is CCCCS(=O)(=O)N1CC[C@]2(C[C@@H]2C(=O)NCc2ccncc2)C1. The van der Waals surface area contributed by atoms with E-state index in [2.05, 4.69) is 10.3 Å². The van der Waals surface area contributed by atoms with Crippen molar-refractivity contribution in [2.75, 3.05) is 18.8 Å². The van der Waals surface area contributed by atoms with Crippen LogP contribution in [0.4, 0.5) is 0 Å². The third kappa shape index (κ3) is 3.62. The second kappa shape index (κ2) is 6.80. The highest BCUT2D eigenvalue weighted by molar-refractivity contribution is 7.89. The van der Waals surface area contributed by atoms with Crippen LogP contribution in [0.2, 0.25) is 0 Å². The van der Waals surface area contributed by atoms with Crippen molar-refractivity contribution in [2.24, 2.45) is 11.3 Å². The van der Waals surface area contributed by atoms with Crippen molar-refractivity contribution < 1.29 is 13.2 Å². The van der Waals surface area contributed by atoms with Crippen molar-refractivity contribution in [1.29, 1.82) is 0 Å². The molecular weight excluding hydrogens is 326 g/mol. The van der Waals surface area contributed by atoms with E-state index in [1.807, 2.05) is 19.1 Å². The first-order valence-corrected chi connectivity index (χ1v) is 10.2. The smallest absolute Gasteiger partial charge is 0.224 e. The van der Waals surface area contributed by atoms with Crippen LogP contribution in [-0.2, 0) is 21.4 Å². The Labute approximate surface area is 143 Å². The molecule has 3 rings (SSSR count). The summed E-state index contributed by atoms with van der Waals surface area (Å²) in [4.78, 5) is 16.3. The standard InChI is InChI=1S/C17H25N3O3S/c1-2-3-10-24(22,23)20-9-6-17(13-20)11-15(17)16(21)19-12-14-4-7-18-8-5-14/h4-5,7-8,15H,2-3,6,9-13H2,1H3,(H,19,21)/t15-,17+/m1/s1. The highest BCUT2D eigenvalue weighted by Gasteiger charge is 2.61. The van der Waals surface area contributed by atoms with Gasteiger partial charge in [-0.15, -0.1) is 0 Å². The van der Waals surface area contributed by atoms with E-state index in [1.165, 1.54) is 0 Å². The van der Waals surface area contributed by atoms with Gasteiger partial charge < -0.3 is 5.32 Å². The molecule has 6 nitrogen and oxygen atoms in total. The number of hydrogen-bond donors (Lipinski definition) is 1. The van der Waals surface area contributed by atoms with Gasteiger partial charge in [-0.3, -0.25) is 9.78 Å². The van der Waals surface area contributed by atoms with Crippen molar-refractivity contribution in [2.45, 2.75) is 39.2 Å². The molecule has 0 aromatic carbocycles. The Morgan fingerprint density at radius 3 is 2.88 bits per heavy atom. The van der Waals surface area contributed by atoms with Crippen molar-refractivity contribution in [3.63, 3.8) is 0 Å². The van der Waals surface area contributed by atoms with Gasteiger partial charge in [0.15, 0.2) is 0 Å². The van der Waals surface area contributed by atoms with E-state index in [0.29, 0.717) is 26.1 Å². The van der Waals surface area contributed by atoms with Crippen LogP contribution in [0.25, 0.3) is 0 Å². The Balaban J connectivity index is 1.52. The summed E-state index contributed by atoms with van der Waals surface area (Å²) in [5.74, 6) is 0.212. The molecule has 0 unspecified atom stereocenters. The molecule has 1 spiro atoms. The van der Waals surface area contributed by atoms with E-state index in [-0.39, 0.29) is 23.0 Å². The van der Waals surface area contributed by atoms with Gasteiger partial charge in [0.25, 0.3) is 0 Å². The number of nitrogens with zero attached hydrogens (tertiary/aromatic N) is 2. The summed E-state index contributed by atoms with van der Waals surface area (Å²) in [7, 11) is -3.16. The third-order valence-electron chi connectivity index (χ3n) is 5.22. The Morgan fingerprint density at radius 1 is 1.42 bits per heavy atom. The van der Waals surface area contributed by atoms with E-state index in [1.54, 1.807) is 16.7 Å². The zero-order chi connectivity index (χ0) is 17.2. The molecule has 1 aliphatic heterocycles. The Kier molecular flexibility index (Phi) is 4.92. The summed E-state index contributed by atoms with van der Waals surface area (Å²) in [5, 5.41) is 2.97. The molecule has 1 saturated carbocycles. The van der Waals surface area contributed by atoms with Crippen LogP contribution in [0.1, 0.15) is 38.2 Å². The van der Waals surface area contributed by atoms with Crippen LogP contribution < -0.4 is 5.32 Å². The van der Waals surface area contributed by atoms with Crippen LogP contribution in [0.15, 0.2) is 24.5 Å². The maximum Gasteiger partial charge on any atom is 0.224 e. The number of rotatable bonds is 7. The zero-order valence-electron chi connectivity index (χ0n) is 14.1. The molecule has 0 radical (unpaired) electrons. The fourth-order valence-corrected chi connectivity index (χ4v) is 5.27. The lowest BCUT2D eigenvalue weighted by Gasteiger charge is -2.16. The molecule has 2 heterocycles. The highest BCUT2D eigenvalue weighted by Crippen LogP contribution is 2.58. The first kappa shape index (κ1) is 17.4. The van der Waals surface area contributed by atoms with Crippen molar-refractivity contribution >= 4 is 15.9 Å². The van der Waals surface area contributed by atoms with Gasteiger partial charge in [0.1, 0.15) is 0 Å². The maximum atomic E-state index is 12.4. The Bertz CT molecular complexity index is 692. The summed E-state index contributed by atoms with van der Waals surface area (Å²) >= 11 is 0. The number of unbranched alkanes of at least 4 members (excludes halogenated alkanes) is 1. The van der Waals surface area contributed by atoms with Gasteiger partial charge in [0.2, 0.25) is 15.9 Å². The quantitative estimate of drug-likeness (QED) is 0.808. The van der Waals surface area contributed by atoms with Crippen LogP contribution >= 0.6 is 0 Å². The molecule has 2 aliphatic rings. The summed E-state index contributed by atoms with van der Waals surface area (Å²) < 4.78 is 26.2. The number of nitrogens with one attached hydrogen (secondary N) is 1. The molecule has 0 bridgehead atoms. The van der Waals surface area contributed by atoms with Gasteiger partial charge in [-0.25, -0.2) is 12.7 Å². The fraction of sp³-hybridized carbons (Fsp3) is 0.647. The number of amides is 1. The highest BCUT2D eigenvalue weighted by atomic mass is 32.2. The molecule has 132 valence electrons. The second-order valence-electron chi connectivity index (χ2n) is 6.95. The molecule has 1 aromatic heterocycles. The van der Waals surface area contributed by atoms with E-state index in [4.69, 9.17) is 0 Å². The van der Waals surface area contributed by atoms with Gasteiger partial charge >= 0.3 is 0 Å².